The first-order chi connectivity index (χ1) is 13.5. The topological polar surface area (TPSA) is 104 Å². The van der Waals surface area contributed by atoms with Gasteiger partial charge in [0.2, 0.25) is 0 Å². The summed E-state index contributed by atoms with van der Waals surface area (Å²) < 4.78 is 28.8. The standard InChI is InChI=1S/C21H24O8/c1-12(22)26-15-16(27-13(2)23)21(11-25-17(24)14-9-7-6-8-10-14)20(5,29-21)19(4)18(15,3)28-19/h6-10,15-16H,11H2,1-5H3. The molecule has 2 aliphatic heterocycles. The van der Waals surface area contributed by atoms with Crippen molar-refractivity contribution >= 4 is 17.9 Å². The first-order valence-electron chi connectivity index (χ1n) is 9.48. The molecule has 1 aromatic carbocycles. The first kappa shape index (κ1) is 19.8. The van der Waals surface area contributed by atoms with Crippen LogP contribution in [0, 0.1) is 0 Å². The molecule has 4 rings (SSSR count). The highest BCUT2D eigenvalue weighted by atomic mass is 16.8. The van der Waals surface area contributed by atoms with Crippen LogP contribution in [0.15, 0.2) is 30.3 Å². The molecule has 1 aliphatic carbocycles. The number of hydrogen-bond donors (Lipinski definition) is 0. The van der Waals surface area contributed by atoms with Gasteiger partial charge in [0, 0.05) is 13.8 Å². The molecule has 29 heavy (non-hydrogen) atoms. The van der Waals surface area contributed by atoms with Gasteiger partial charge < -0.3 is 23.7 Å². The van der Waals surface area contributed by atoms with E-state index in [1.54, 1.807) is 37.3 Å². The predicted molar refractivity (Wildman–Crippen MR) is 97.9 cm³/mol. The number of benzene rings is 1. The quantitative estimate of drug-likeness (QED) is 0.416. The van der Waals surface area contributed by atoms with Gasteiger partial charge in [0.1, 0.15) is 23.4 Å². The summed E-state index contributed by atoms with van der Waals surface area (Å²) in [6.45, 7) is 7.84. The third-order valence-electron chi connectivity index (χ3n) is 6.67. The van der Waals surface area contributed by atoms with Gasteiger partial charge in [-0.3, -0.25) is 9.59 Å². The van der Waals surface area contributed by atoms with E-state index in [1.165, 1.54) is 13.8 Å². The normalized spacial score (nSPS) is 41.4. The third-order valence-corrected chi connectivity index (χ3v) is 6.67. The van der Waals surface area contributed by atoms with Crippen LogP contribution in [0.4, 0.5) is 0 Å². The van der Waals surface area contributed by atoms with Crippen LogP contribution in [-0.4, -0.2) is 59.1 Å². The smallest absolute Gasteiger partial charge is 0.338 e. The van der Waals surface area contributed by atoms with Crippen LogP contribution < -0.4 is 0 Å². The zero-order chi connectivity index (χ0) is 21.2. The minimum Gasteiger partial charge on any atom is -0.459 e. The molecule has 6 atom stereocenters. The Kier molecular flexibility index (Phi) is 4.12. The largest absolute Gasteiger partial charge is 0.459 e. The molecule has 6 unspecified atom stereocenters. The van der Waals surface area contributed by atoms with E-state index in [9.17, 15) is 14.4 Å². The molecule has 0 N–H and O–H groups in total. The summed E-state index contributed by atoms with van der Waals surface area (Å²) in [7, 11) is 0. The third kappa shape index (κ3) is 2.55. The van der Waals surface area contributed by atoms with Crippen molar-refractivity contribution in [3.63, 3.8) is 0 Å². The SMILES string of the molecule is CC(=O)OC1C(OC(C)=O)C2(COC(=O)c3ccccc3)OC2(C)C2(C)OC12C. The van der Waals surface area contributed by atoms with Gasteiger partial charge in [-0.15, -0.1) is 0 Å². The van der Waals surface area contributed by atoms with Crippen molar-refractivity contribution in [3.8, 4) is 0 Å². The molecule has 1 saturated carbocycles. The van der Waals surface area contributed by atoms with Crippen LogP contribution in [0.2, 0.25) is 0 Å². The van der Waals surface area contributed by atoms with Crippen molar-refractivity contribution in [2.45, 2.75) is 69.2 Å². The van der Waals surface area contributed by atoms with E-state index >= 15 is 0 Å². The van der Waals surface area contributed by atoms with Crippen LogP contribution >= 0.6 is 0 Å². The van der Waals surface area contributed by atoms with E-state index in [4.69, 9.17) is 23.7 Å². The van der Waals surface area contributed by atoms with E-state index in [0.29, 0.717) is 5.56 Å². The molecule has 3 aliphatic rings. The monoisotopic (exact) mass is 404 g/mol. The lowest BCUT2D eigenvalue weighted by Gasteiger charge is -2.39. The average molecular weight is 404 g/mol. The Morgan fingerprint density at radius 3 is 2.07 bits per heavy atom. The molecule has 2 heterocycles. The van der Waals surface area contributed by atoms with Crippen molar-refractivity contribution in [1.29, 1.82) is 0 Å². The van der Waals surface area contributed by atoms with Crippen LogP contribution in [-0.2, 0) is 33.3 Å². The van der Waals surface area contributed by atoms with E-state index in [2.05, 4.69) is 0 Å². The highest BCUT2D eigenvalue weighted by molar-refractivity contribution is 5.89. The number of rotatable bonds is 5. The van der Waals surface area contributed by atoms with Gasteiger partial charge in [0.05, 0.1) is 5.56 Å². The lowest BCUT2D eigenvalue weighted by atomic mass is 9.65. The van der Waals surface area contributed by atoms with E-state index in [-0.39, 0.29) is 6.61 Å². The molecule has 0 radical (unpaired) electrons. The Morgan fingerprint density at radius 2 is 1.48 bits per heavy atom. The molecular weight excluding hydrogens is 380 g/mol. The van der Waals surface area contributed by atoms with Crippen LogP contribution in [0.1, 0.15) is 45.0 Å². The first-order valence-corrected chi connectivity index (χ1v) is 9.48. The molecule has 1 aromatic rings. The summed E-state index contributed by atoms with van der Waals surface area (Å²) in [5.41, 5.74) is -3.37. The summed E-state index contributed by atoms with van der Waals surface area (Å²) >= 11 is 0. The summed E-state index contributed by atoms with van der Waals surface area (Å²) in [6.07, 6.45) is -1.89. The minimum atomic E-state index is -1.19. The molecule has 0 spiro atoms. The van der Waals surface area contributed by atoms with E-state index < -0.39 is 52.5 Å². The number of ether oxygens (including phenoxy) is 5. The Morgan fingerprint density at radius 1 is 0.897 bits per heavy atom. The molecule has 8 nitrogen and oxygen atoms in total. The Bertz CT molecular complexity index is 884. The molecular formula is C21H24O8. The van der Waals surface area contributed by atoms with Crippen molar-refractivity contribution in [1.82, 2.24) is 0 Å². The van der Waals surface area contributed by atoms with E-state index in [0.717, 1.165) is 0 Å². The molecule has 0 aromatic heterocycles. The summed E-state index contributed by atoms with van der Waals surface area (Å²) in [5, 5.41) is 0. The minimum absolute atomic E-state index is 0.179. The lowest BCUT2D eigenvalue weighted by Crippen LogP contribution is -2.64. The van der Waals surface area contributed by atoms with Gasteiger partial charge in [0.15, 0.2) is 17.8 Å². The zero-order valence-electron chi connectivity index (χ0n) is 17.0. The van der Waals surface area contributed by atoms with Gasteiger partial charge in [-0.25, -0.2) is 4.79 Å². The summed E-state index contributed by atoms with van der Waals surface area (Å²) in [5.74, 6) is -1.63. The van der Waals surface area contributed by atoms with Crippen molar-refractivity contribution < 1.29 is 38.1 Å². The number of hydrogen-bond acceptors (Lipinski definition) is 8. The number of fused-ring (bicyclic) bond motifs is 3. The summed E-state index contributed by atoms with van der Waals surface area (Å²) in [6, 6.07) is 8.54. The van der Waals surface area contributed by atoms with Crippen LogP contribution in [0.3, 0.4) is 0 Å². The second-order valence-electron chi connectivity index (χ2n) is 8.27. The number of carbonyl (C=O) groups excluding carboxylic acids is 3. The molecule has 0 bridgehead atoms. The Labute approximate surface area is 168 Å². The number of epoxide rings is 2. The van der Waals surface area contributed by atoms with Gasteiger partial charge in [-0.2, -0.15) is 0 Å². The number of carbonyl (C=O) groups is 3. The highest BCUT2D eigenvalue weighted by Gasteiger charge is 2.96. The second kappa shape index (κ2) is 6.03. The van der Waals surface area contributed by atoms with Gasteiger partial charge >= 0.3 is 17.9 Å². The van der Waals surface area contributed by atoms with Gasteiger partial charge in [0.25, 0.3) is 0 Å². The van der Waals surface area contributed by atoms with Gasteiger partial charge in [-0.1, -0.05) is 18.2 Å². The number of esters is 3. The van der Waals surface area contributed by atoms with E-state index in [1.807, 2.05) is 13.8 Å². The average Bonchev–Trinajstić information content (AvgIpc) is 3.48. The second-order valence-corrected chi connectivity index (χ2v) is 8.27. The predicted octanol–water partition coefficient (Wildman–Crippen LogP) is 1.80. The van der Waals surface area contributed by atoms with Crippen molar-refractivity contribution in [2.24, 2.45) is 0 Å². The van der Waals surface area contributed by atoms with Crippen LogP contribution in [0.25, 0.3) is 0 Å². The van der Waals surface area contributed by atoms with Crippen molar-refractivity contribution in [3.05, 3.63) is 35.9 Å². The summed E-state index contributed by atoms with van der Waals surface area (Å²) in [4.78, 5) is 36.1. The van der Waals surface area contributed by atoms with Crippen molar-refractivity contribution in [2.75, 3.05) is 6.61 Å². The molecule has 156 valence electrons. The maximum Gasteiger partial charge on any atom is 0.338 e. The maximum atomic E-state index is 12.5. The van der Waals surface area contributed by atoms with Crippen LogP contribution in [0.5, 0.6) is 0 Å². The van der Waals surface area contributed by atoms with Gasteiger partial charge in [-0.05, 0) is 32.9 Å². The fraction of sp³-hybridized carbons (Fsp3) is 0.571. The Balaban J connectivity index is 1.66. The maximum absolute atomic E-state index is 12.5. The zero-order valence-corrected chi connectivity index (χ0v) is 17.0. The molecule has 8 heteroatoms. The highest BCUT2D eigenvalue weighted by Crippen LogP contribution is 2.75. The molecule has 0 amide bonds. The fourth-order valence-corrected chi connectivity index (χ4v) is 4.77. The fourth-order valence-electron chi connectivity index (χ4n) is 4.77. The Hall–Kier alpha value is -2.45. The molecule has 3 fully saturated rings. The lowest BCUT2D eigenvalue weighted by molar-refractivity contribution is -0.180. The molecule has 2 saturated heterocycles.